The van der Waals surface area contributed by atoms with Gasteiger partial charge in [-0.2, -0.15) is 0 Å². The maximum absolute atomic E-state index is 13.0. The summed E-state index contributed by atoms with van der Waals surface area (Å²) >= 11 is 0. The van der Waals surface area contributed by atoms with Crippen LogP contribution in [0.5, 0.6) is 0 Å². The molecule has 1 N–H and O–H groups in total. The van der Waals surface area contributed by atoms with E-state index in [0.717, 1.165) is 58.8 Å². The molecule has 1 fully saturated rings. The minimum Gasteiger partial charge on any atom is -0.265 e. The van der Waals surface area contributed by atoms with Gasteiger partial charge in [-0.3, -0.25) is 15.0 Å². The zero-order valence-electron chi connectivity index (χ0n) is 17.6. The molecule has 1 aliphatic carbocycles. The van der Waals surface area contributed by atoms with Crippen LogP contribution in [-0.4, -0.2) is 29.4 Å². The molecule has 0 aliphatic heterocycles. The quantitative estimate of drug-likeness (QED) is 0.470. The molecule has 0 bridgehead atoms. The zero-order valence-corrected chi connectivity index (χ0v) is 18.4. The van der Waals surface area contributed by atoms with E-state index < -0.39 is 10.0 Å². The summed E-state index contributed by atoms with van der Waals surface area (Å²) in [5.41, 5.74) is 4.62. The number of hydrogen-bond acceptors (Lipinski definition) is 5. The lowest BCUT2D eigenvalue weighted by atomic mass is 9.96. The fourth-order valence-corrected chi connectivity index (χ4v) is 5.63. The molecule has 0 spiro atoms. The number of nitrogens with one attached hydrogen (secondary N) is 1. The van der Waals surface area contributed by atoms with Crippen LogP contribution >= 0.6 is 0 Å². The van der Waals surface area contributed by atoms with E-state index in [2.05, 4.69) is 19.7 Å². The molecule has 0 radical (unpaired) electrons. The molecule has 4 aromatic rings. The van der Waals surface area contributed by atoms with E-state index >= 15 is 0 Å². The van der Waals surface area contributed by atoms with Gasteiger partial charge in [0, 0.05) is 48.0 Å². The van der Waals surface area contributed by atoms with Gasteiger partial charge in [0.05, 0.1) is 5.52 Å². The van der Waals surface area contributed by atoms with E-state index in [-0.39, 0.29) is 10.9 Å². The molecule has 162 valence electrons. The highest BCUT2D eigenvalue weighted by Gasteiger charge is 2.22. The second-order valence-electron chi connectivity index (χ2n) is 8.19. The van der Waals surface area contributed by atoms with E-state index in [1.54, 1.807) is 30.9 Å². The van der Waals surface area contributed by atoms with E-state index in [9.17, 15) is 8.42 Å². The van der Waals surface area contributed by atoms with Gasteiger partial charge in [0.15, 0.2) is 0 Å². The van der Waals surface area contributed by atoms with Crippen LogP contribution in [0.1, 0.15) is 32.1 Å². The molecule has 1 aromatic carbocycles. The lowest BCUT2D eigenvalue weighted by molar-refractivity contribution is 0.412. The first-order valence-electron chi connectivity index (χ1n) is 10.9. The molecule has 1 saturated carbocycles. The molecule has 1 aliphatic rings. The first-order valence-corrected chi connectivity index (χ1v) is 12.4. The highest BCUT2D eigenvalue weighted by molar-refractivity contribution is 7.89. The Bertz CT molecular complexity index is 1350. The average Bonchev–Trinajstić information content (AvgIpc) is 2.84. The topological polar surface area (TPSA) is 84.8 Å². The van der Waals surface area contributed by atoms with Gasteiger partial charge in [0.2, 0.25) is 10.0 Å². The molecule has 7 heteroatoms. The Morgan fingerprint density at radius 2 is 1.59 bits per heavy atom. The Morgan fingerprint density at radius 3 is 2.41 bits per heavy atom. The van der Waals surface area contributed by atoms with Crippen LogP contribution in [-0.2, 0) is 10.0 Å². The molecule has 3 heterocycles. The molecule has 5 rings (SSSR count). The summed E-state index contributed by atoms with van der Waals surface area (Å²) < 4.78 is 28.8. The maximum Gasteiger partial charge on any atom is 0.242 e. The van der Waals surface area contributed by atoms with Crippen molar-refractivity contribution in [2.24, 2.45) is 0 Å². The smallest absolute Gasteiger partial charge is 0.242 e. The van der Waals surface area contributed by atoms with Gasteiger partial charge in [-0.15, -0.1) is 0 Å². The predicted octanol–water partition coefficient (Wildman–Crippen LogP) is 4.97. The fourth-order valence-electron chi connectivity index (χ4n) is 4.34. The van der Waals surface area contributed by atoms with Crippen LogP contribution in [0.15, 0.2) is 78.3 Å². The fraction of sp³-hybridized carbons (Fsp3) is 0.240. The third kappa shape index (κ3) is 4.26. The Hall–Kier alpha value is -3.16. The molecule has 0 amide bonds. The van der Waals surface area contributed by atoms with Crippen LogP contribution in [0.4, 0.5) is 0 Å². The van der Waals surface area contributed by atoms with Gasteiger partial charge < -0.3 is 0 Å². The minimum absolute atomic E-state index is 0.00655. The number of hydrogen-bond donors (Lipinski definition) is 1. The van der Waals surface area contributed by atoms with Crippen molar-refractivity contribution < 1.29 is 8.42 Å². The third-order valence-corrected chi connectivity index (χ3v) is 7.50. The number of nitrogens with zero attached hydrogens (tertiary/aromatic N) is 3. The number of benzene rings is 1. The lowest BCUT2D eigenvalue weighted by Gasteiger charge is -2.22. The van der Waals surface area contributed by atoms with Gasteiger partial charge >= 0.3 is 0 Å². The summed E-state index contributed by atoms with van der Waals surface area (Å²) in [6.07, 6.45) is 13.5. The summed E-state index contributed by atoms with van der Waals surface area (Å²) in [4.78, 5) is 13.0. The van der Waals surface area contributed by atoms with Crippen molar-refractivity contribution in [3.63, 3.8) is 0 Å². The van der Waals surface area contributed by atoms with Gasteiger partial charge in [-0.1, -0.05) is 25.3 Å². The van der Waals surface area contributed by atoms with Crippen LogP contribution in [0, 0.1) is 0 Å². The highest BCUT2D eigenvalue weighted by atomic mass is 32.2. The van der Waals surface area contributed by atoms with Crippen molar-refractivity contribution in [2.75, 3.05) is 0 Å². The second kappa shape index (κ2) is 8.76. The minimum atomic E-state index is -3.62. The average molecular weight is 445 g/mol. The number of sulfonamides is 1. The maximum atomic E-state index is 13.0. The van der Waals surface area contributed by atoms with Crippen molar-refractivity contribution >= 4 is 20.9 Å². The number of aromatic nitrogens is 3. The summed E-state index contributed by atoms with van der Waals surface area (Å²) in [6, 6.07) is 13.6. The Labute approximate surface area is 187 Å². The lowest BCUT2D eigenvalue weighted by Crippen LogP contribution is -2.36. The molecule has 0 unspecified atom stereocenters. The summed E-state index contributed by atoms with van der Waals surface area (Å²) in [5, 5.41) is 0.991. The van der Waals surface area contributed by atoms with E-state index in [1.165, 1.54) is 12.6 Å². The summed E-state index contributed by atoms with van der Waals surface area (Å²) in [6.45, 7) is 0. The molecular formula is C25H24N4O2S. The van der Waals surface area contributed by atoms with Crippen molar-refractivity contribution in [2.45, 2.75) is 43.0 Å². The number of pyridine rings is 3. The van der Waals surface area contributed by atoms with E-state index in [4.69, 9.17) is 0 Å². The molecule has 32 heavy (non-hydrogen) atoms. The first-order chi connectivity index (χ1) is 15.6. The second-order valence-corrected chi connectivity index (χ2v) is 9.91. The van der Waals surface area contributed by atoms with Crippen LogP contribution in [0.25, 0.3) is 33.2 Å². The molecule has 6 nitrogen and oxygen atoms in total. The molecular weight excluding hydrogens is 420 g/mol. The van der Waals surface area contributed by atoms with E-state index in [0.29, 0.717) is 0 Å². The van der Waals surface area contributed by atoms with E-state index in [1.807, 2.05) is 36.4 Å². The summed E-state index contributed by atoms with van der Waals surface area (Å²) in [7, 11) is -3.62. The van der Waals surface area contributed by atoms with Gasteiger partial charge in [0.25, 0.3) is 0 Å². The van der Waals surface area contributed by atoms with Gasteiger partial charge in [0.1, 0.15) is 4.90 Å². The SMILES string of the molecule is O=S(=O)(NC1CCCCC1)c1cncc(-c2ccc3nccc(-c4ccncc4)c3c2)c1. The monoisotopic (exact) mass is 444 g/mol. The number of rotatable bonds is 5. The zero-order chi connectivity index (χ0) is 22.0. The largest absolute Gasteiger partial charge is 0.265 e. The van der Waals surface area contributed by atoms with Crippen molar-refractivity contribution in [1.29, 1.82) is 0 Å². The van der Waals surface area contributed by atoms with Crippen LogP contribution in [0.3, 0.4) is 0 Å². The van der Waals surface area contributed by atoms with Gasteiger partial charge in [-0.25, -0.2) is 13.1 Å². The summed E-state index contributed by atoms with van der Waals surface area (Å²) in [5.74, 6) is 0. The predicted molar refractivity (Wildman–Crippen MR) is 125 cm³/mol. The van der Waals surface area contributed by atoms with Gasteiger partial charge in [-0.05, 0) is 65.9 Å². The van der Waals surface area contributed by atoms with Crippen molar-refractivity contribution in [1.82, 2.24) is 19.7 Å². The Balaban J connectivity index is 1.52. The normalized spacial score (nSPS) is 15.1. The first kappa shape index (κ1) is 20.7. The van der Waals surface area contributed by atoms with Crippen molar-refractivity contribution in [3.05, 3.63) is 73.4 Å². The molecule has 3 aromatic heterocycles. The standard InChI is InChI=1S/C25H24N4O2S/c30-32(31,29-21-4-2-1-3-5-21)22-14-20(16-27-17-22)19-6-7-25-24(15-19)23(10-13-28-25)18-8-11-26-12-9-18/h6-17,21,29H,1-5H2. The number of fused-ring (bicyclic) bond motifs is 1. The highest BCUT2D eigenvalue weighted by Crippen LogP contribution is 2.31. The van der Waals surface area contributed by atoms with Crippen LogP contribution < -0.4 is 4.72 Å². The Kier molecular flexibility index (Phi) is 5.68. The van der Waals surface area contributed by atoms with Crippen molar-refractivity contribution in [3.8, 4) is 22.3 Å². The molecule has 0 atom stereocenters. The third-order valence-electron chi connectivity index (χ3n) is 6.02. The Morgan fingerprint density at radius 1 is 0.781 bits per heavy atom. The molecule has 0 saturated heterocycles. The van der Waals surface area contributed by atoms with Crippen LogP contribution in [0.2, 0.25) is 0 Å².